The van der Waals surface area contributed by atoms with E-state index < -0.39 is 0 Å². The van der Waals surface area contributed by atoms with Crippen LogP contribution in [-0.2, 0) is 6.42 Å². The smallest absolute Gasteiger partial charge is 0.0449 e. The Bertz CT molecular complexity index is 327. The second kappa shape index (κ2) is 4.56. The van der Waals surface area contributed by atoms with Gasteiger partial charge in [0.25, 0.3) is 0 Å². The largest absolute Gasteiger partial charge is 0.320 e. The number of hydrogen-bond donors (Lipinski definition) is 1. The molecule has 1 aromatic carbocycles. The van der Waals surface area contributed by atoms with Gasteiger partial charge in [0.2, 0.25) is 0 Å². The molecule has 1 heterocycles. The minimum absolute atomic E-state index is 0.706. The molecule has 1 nitrogen and oxygen atoms in total. The number of rotatable bonds is 3. The predicted octanol–water partition coefficient (Wildman–Crippen LogP) is 2.97. The first kappa shape index (κ1) is 10.3. The highest BCUT2D eigenvalue weighted by Crippen LogP contribution is 2.41. The van der Waals surface area contributed by atoms with Gasteiger partial charge in [-0.1, -0.05) is 17.7 Å². The quantitative estimate of drug-likeness (QED) is 0.852. The fraction of sp³-hybridized carbons (Fsp3) is 0.455. The fourth-order valence-electron chi connectivity index (χ4n) is 1.76. The van der Waals surface area contributed by atoms with E-state index in [0.717, 1.165) is 18.0 Å². The average molecular weight is 228 g/mol. The summed E-state index contributed by atoms with van der Waals surface area (Å²) in [6, 6.07) is 6.20. The number of halogens is 1. The van der Waals surface area contributed by atoms with Crippen molar-refractivity contribution in [2.75, 3.05) is 13.6 Å². The maximum atomic E-state index is 6.14. The molecule has 0 fully saturated rings. The van der Waals surface area contributed by atoms with Crippen LogP contribution in [0.4, 0.5) is 0 Å². The Morgan fingerprint density at radius 3 is 3.14 bits per heavy atom. The number of nitrogens with one attached hydrogen (secondary N) is 1. The van der Waals surface area contributed by atoms with Crippen LogP contribution in [-0.4, -0.2) is 18.8 Å². The first-order chi connectivity index (χ1) is 6.81. The van der Waals surface area contributed by atoms with Crippen molar-refractivity contribution in [3.8, 4) is 0 Å². The monoisotopic (exact) mass is 227 g/mol. The second-order valence-electron chi connectivity index (χ2n) is 3.55. The van der Waals surface area contributed by atoms with Gasteiger partial charge in [0.1, 0.15) is 0 Å². The van der Waals surface area contributed by atoms with E-state index in [-0.39, 0.29) is 0 Å². The van der Waals surface area contributed by atoms with Crippen LogP contribution < -0.4 is 5.32 Å². The fourth-order valence-corrected chi connectivity index (χ4v) is 3.41. The molecule has 0 radical (unpaired) electrons. The van der Waals surface area contributed by atoms with Gasteiger partial charge < -0.3 is 5.32 Å². The molecule has 0 spiro atoms. The molecule has 0 aliphatic carbocycles. The third kappa shape index (κ3) is 2.08. The molecule has 0 aromatic heterocycles. The lowest BCUT2D eigenvalue weighted by Crippen LogP contribution is -2.14. The van der Waals surface area contributed by atoms with Crippen molar-refractivity contribution in [1.82, 2.24) is 5.32 Å². The van der Waals surface area contributed by atoms with E-state index >= 15 is 0 Å². The standard InChI is InChI=1S/C11H14ClNS/c1-13-6-5-8-7-9-10(12)3-2-4-11(9)14-8/h2-4,8,13H,5-7H2,1H3. The molecule has 1 aliphatic heterocycles. The van der Waals surface area contributed by atoms with E-state index in [1.54, 1.807) is 0 Å². The van der Waals surface area contributed by atoms with Gasteiger partial charge in [-0.15, -0.1) is 11.8 Å². The van der Waals surface area contributed by atoms with Crippen molar-refractivity contribution in [2.24, 2.45) is 0 Å². The Hall–Kier alpha value is -0.180. The summed E-state index contributed by atoms with van der Waals surface area (Å²) in [6.07, 6.45) is 2.34. The summed E-state index contributed by atoms with van der Waals surface area (Å²) in [7, 11) is 2.00. The maximum Gasteiger partial charge on any atom is 0.0449 e. The number of hydrogen-bond acceptors (Lipinski definition) is 2. The molecular formula is C11H14ClNS. The Balaban J connectivity index is 2.06. The van der Waals surface area contributed by atoms with Crippen LogP contribution in [0.15, 0.2) is 23.1 Å². The third-order valence-corrected chi connectivity index (χ3v) is 4.24. The van der Waals surface area contributed by atoms with E-state index in [2.05, 4.69) is 11.4 Å². The van der Waals surface area contributed by atoms with Crippen LogP contribution in [0.25, 0.3) is 0 Å². The average Bonchev–Trinajstić information content (AvgIpc) is 2.59. The van der Waals surface area contributed by atoms with Gasteiger partial charge in [-0.25, -0.2) is 0 Å². The summed E-state index contributed by atoms with van der Waals surface area (Å²) >= 11 is 8.11. The Kier molecular flexibility index (Phi) is 3.37. The van der Waals surface area contributed by atoms with Crippen molar-refractivity contribution in [2.45, 2.75) is 23.0 Å². The minimum atomic E-state index is 0.706. The van der Waals surface area contributed by atoms with Gasteiger partial charge in [-0.05, 0) is 44.1 Å². The maximum absolute atomic E-state index is 6.14. The number of fused-ring (bicyclic) bond motifs is 1. The lowest BCUT2D eigenvalue weighted by atomic mass is 10.1. The number of benzene rings is 1. The molecule has 1 atom stereocenters. The molecule has 76 valence electrons. The zero-order valence-corrected chi connectivity index (χ0v) is 9.79. The molecule has 0 saturated heterocycles. The van der Waals surface area contributed by atoms with E-state index in [1.807, 2.05) is 30.9 Å². The normalized spacial score (nSPS) is 19.7. The van der Waals surface area contributed by atoms with Crippen LogP contribution in [0.1, 0.15) is 12.0 Å². The molecule has 1 unspecified atom stereocenters. The Morgan fingerprint density at radius 2 is 2.43 bits per heavy atom. The molecule has 0 saturated carbocycles. The third-order valence-electron chi connectivity index (χ3n) is 2.52. The van der Waals surface area contributed by atoms with Gasteiger partial charge >= 0.3 is 0 Å². The highest BCUT2D eigenvalue weighted by molar-refractivity contribution is 8.00. The second-order valence-corrected chi connectivity index (χ2v) is 5.30. The van der Waals surface area contributed by atoms with E-state index in [9.17, 15) is 0 Å². The molecule has 1 aliphatic rings. The van der Waals surface area contributed by atoms with Gasteiger partial charge in [-0.2, -0.15) is 0 Å². The van der Waals surface area contributed by atoms with Crippen LogP contribution in [0.5, 0.6) is 0 Å². The Labute approximate surface area is 94.2 Å². The predicted molar refractivity (Wildman–Crippen MR) is 63.3 cm³/mol. The van der Waals surface area contributed by atoms with Gasteiger partial charge in [0, 0.05) is 15.2 Å². The summed E-state index contributed by atoms with van der Waals surface area (Å²) in [5, 5.41) is 4.83. The molecular weight excluding hydrogens is 214 g/mol. The topological polar surface area (TPSA) is 12.0 Å². The lowest BCUT2D eigenvalue weighted by molar-refractivity contribution is 0.696. The van der Waals surface area contributed by atoms with Crippen molar-refractivity contribution in [3.05, 3.63) is 28.8 Å². The van der Waals surface area contributed by atoms with Gasteiger partial charge in [0.05, 0.1) is 0 Å². The molecule has 0 amide bonds. The zero-order valence-electron chi connectivity index (χ0n) is 8.22. The lowest BCUT2D eigenvalue weighted by Gasteiger charge is -2.06. The van der Waals surface area contributed by atoms with E-state index in [0.29, 0.717) is 5.25 Å². The zero-order chi connectivity index (χ0) is 9.97. The highest BCUT2D eigenvalue weighted by atomic mass is 35.5. The van der Waals surface area contributed by atoms with Crippen LogP contribution in [0.3, 0.4) is 0 Å². The van der Waals surface area contributed by atoms with Gasteiger partial charge in [0.15, 0.2) is 0 Å². The molecule has 2 rings (SSSR count). The summed E-state index contributed by atoms with van der Waals surface area (Å²) in [5.74, 6) is 0. The van der Waals surface area contributed by atoms with Gasteiger partial charge in [-0.3, -0.25) is 0 Å². The minimum Gasteiger partial charge on any atom is -0.320 e. The Morgan fingerprint density at radius 1 is 1.57 bits per heavy atom. The van der Waals surface area contributed by atoms with Crippen LogP contribution in [0.2, 0.25) is 5.02 Å². The summed E-state index contributed by atoms with van der Waals surface area (Å²) in [4.78, 5) is 1.37. The van der Waals surface area contributed by atoms with Crippen molar-refractivity contribution in [3.63, 3.8) is 0 Å². The first-order valence-electron chi connectivity index (χ1n) is 4.90. The summed E-state index contributed by atoms with van der Waals surface area (Å²) < 4.78 is 0. The van der Waals surface area contributed by atoms with E-state index in [1.165, 1.54) is 16.9 Å². The van der Waals surface area contributed by atoms with Crippen molar-refractivity contribution < 1.29 is 0 Å². The SMILES string of the molecule is CNCCC1Cc2c(Cl)cccc2S1. The molecule has 14 heavy (non-hydrogen) atoms. The van der Waals surface area contributed by atoms with Crippen LogP contribution >= 0.6 is 23.4 Å². The summed E-state index contributed by atoms with van der Waals surface area (Å²) in [5.41, 5.74) is 1.35. The molecule has 1 N–H and O–H groups in total. The molecule has 0 bridgehead atoms. The van der Waals surface area contributed by atoms with Crippen LogP contribution in [0, 0.1) is 0 Å². The number of thioether (sulfide) groups is 1. The van der Waals surface area contributed by atoms with Crippen molar-refractivity contribution >= 4 is 23.4 Å². The first-order valence-corrected chi connectivity index (χ1v) is 6.15. The van der Waals surface area contributed by atoms with E-state index in [4.69, 9.17) is 11.6 Å². The summed E-state index contributed by atoms with van der Waals surface area (Å²) in [6.45, 7) is 1.09. The molecule has 3 heteroatoms. The van der Waals surface area contributed by atoms with Crippen molar-refractivity contribution in [1.29, 1.82) is 0 Å². The highest BCUT2D eigenvalue weighted by Gasteiger charge is 2.23. The molecule has 1 aromatic rings.